The van der Waals surface area contributed by atoms with Gasteiger partial charge in [0, 0.05) is 22.5 Å². The van der Waals surface area contributed by atoms with E-state index in [1.807, 2.05) is 54.6 Å². The minimum absolute atomic E-state index is 0.271. The molecule has 2 heterocycles. The van der Waals surface area contributed by atoms with Gasteiger partial charge in [-0.3, -0.25) is 0 Å². The SMILES string of the molecule is O=C(OCc1ccccc1)c1ccc2[nH]c3ncccc3c2c1. The maximum Gasteiger partial charge on any atom is 0.338 e. The average Bonchev–Trinajstić information content (AvgIpc) is 2.98. The molecule has 0 aliphatic carbocycles. The highest BCUT2D eigenvalue weighted by molar-refractivity contribution is 6.08. The van der Waals surface area contributed by atoms with Gasteiger partial charge >= 0.3 is 5.97 Å². The summed E-state index contributed by atoms with van der Waals surface area (Å²) in [6.07, 6.45) is 1.74. The van der Waals surface area contributed by atoms with Crippen LogP contribution in [-0.2, 0) is 11.3 Å². The van der Waals surface area contributed by atoms with Gasteiger partial charge in [0.2, 0.25) is 0 Å². The first-order chi connectivity index (χ1) is 11.3. The van der Waals surface area contributed by atoms with Crippen LogP contribution < -0.4 is 0 Å². The smallest absolute Gasteiger partial charge is 0.338 e. The summed E-state index contributed by atoms with van der Waals surface area (Å²) >= 11 is 0. The van der Waals surface area contributed by atoms with Crippen molar-refractivity contribution in [2.24, 2.45) is 0 Å². The third kappa shape index (κ3) is 2.55. The molecule has 4 heteroatoms. The maximum absolute atomic E-state index is 12.3. The Bertz CT molecular complexity index is 990. The Labute approximate surface area is 132 Å². The zero-order chi connectivity index (χ0) is 15.6. The van der Waals surface area contributed by atoms with E-state index in [2.05, 4.69) is 9.97 Å². The fraction of sp³-hybridized carbons (Fsp3) is 0.0526. The topological polar surface area (TPSA) is 55.0 Å². The molecule has 0 unspecified atom stereocenters. The number of rotatable bonds is 3. The van der Waals surface area contributed by atoms with Crippen LogP contribution in [0.2, 0.25) is 0 Å². The van der Waals surface area contributed by atoms with Crippen LogP contribution in [0.3, 0.4) is 0 Å². The van der Waals surface area contributed by atoms with Crippen LogP contribution in [0, 0.1) is 0 Å². The molecule has 2 aromatic carbocycles. The van der Waals surface area contributed by atoms with Crippen LogP contribution in [0.4, 0.5) is 0 Å². The van der Waals surface area contributed by atoms with Crippen molar-refractivity contribution in [2.45, 2.75) is 6.61 Å². The number of nitrogens with zero attached hydrogens (tertiary/aromatic N) is 1. The quantitative estimate of drug-likeness (QED) is 0.580. The summed E-state index contributed by atoms with van der Waals surface area (Å²) in [6.45, 7) is 0.271. The first-order valence-corrected chi connectivity index (χ1v) is 7.39. The van der Waals surface area contributed by atoms with Gasteiger partial charge in [0.15, 0.2) is 0 Å². The monoisotopic (exact) mass is 302 g/mol. The van der Waals surface area contributed by atoms with Crippen molar-refractivity contribution in [3.8, 4) is 0 Å². The highest BCUT2D eigenvalue weighted by atomic mass is 16.5. The number of benzene rings is 2. The van der Waals surface area contributed by atoms with Gasteiger partial charge in [-0.2, -0.15) is 0 Å². The largest absolute Gasteiger partial charge is 0.457 e. The first kappa shape index (κ1) is 13.5. The summed E-state index contributed by atoms with van der Waals surface area (Å²) in [6, 6.07) is 19.0. The van der Waals surface area contributed by atoms with Gasteiger partial charge in [0.05, 0.1) is 5.56 Å². The number of hydrogen-bond acceptors (Lipinski definition) is 3. The molecule has 4 rings (SSSR count). The van der Waals surface area contributed by atoms with Crippen molar-refractivity contribution in [3.63, 3.8) is 0 Å². The number of aromatic amines is 1. The van der Waals surface area contributed by atoms with E-state index < -0.39 is 0 Å². The predicted octanol–water partition coefficient (Wildman–Crippen LogP) is 4.07. The van der Waals surface area contributed by atoms with E-state index in [1.165, 1.54) is 0 Å². The van der Waals surface area contributed by atoms with Crippen LogP contribution in [0.5, 0.6) is 0 Å². The summed E-state index contributed by atoms with van der Waals surface area (Å²) in [5.41, 5.74) is 3.28. The summed E-state index contributed by atoms with van der Waals surface area (Å²) < 4.78 is 5.39. The van der Waals surface area contributed by atoms with Crippen LogP contribution in [0.15, 0.2) is 66.9 Å². The van der Waals surface area contributed by atoms with Crippen LogP contribution in [0.1, 0.15) is 15.9 Å². The lowest BCUT2D eigenvalue weighted by Gasteiger charge is -2.05. The van der Waals surface area contributed by atoms with Crippen LogP contribution in [-0.4, -0.2) is 15.9 Å². The number of aromatic nitrogens is 2. The lowest BCUT2D eigenvalue weighted by molar-refractivity contribution is 0.0473. The number of carbonyl (C=O) groups excluding carboxylic acids is 1. The summed E-state index contributed by atoms with van der Waals surface area (Å²) in [5, 5.41) is 1.97. The van der Waals surface area contributed by atoms with E-state index in [9.17, 15) is 4.79 Å². The van der Waals surface area contributed by atoms with Gasteiger partial charge in [-0.25, -0.2) is 9.78 Å². The molecule has 0 spiro atoms. The lowest BCUT2D eigenvalue weighted by atomic mass is 10.1. The lowest BCUT2D eigenvalue weighted by Crippen LogP contribution is -2.04. The molecule has 0 fully saturated rings. The molecule has 0 bridgehead atoms. The highest BCUT2D eigenvalue weighted by Crippen LogP contribution is 2.25. The molecule has 2 aromatic heterocycles. The predicted molar refractivity (Wildman–Crippen MR) is 89.2 cm³/mol. The number of ether oxygens (including phenoxy) is 1. The van der Waals surface area contributed by atoms with E-state index in [0.29, 0.717) is 5.56 Å². The molecule has 4 aromatic rings. The second-order valence-corrected chi connectivity index (χ2v) is 5.35. The molecular formula is C19H14N2O2. The molecule has 4 nitrogen and oxygen atoms in total. The first-order valence-electron chi connectivity index (χ1n) is 7.39. The van der Waals surface area contributed by atoms with Gasteiger partial charge in [-0.05, 0) is 35.9 Å². The second-order valence-electron chi connectivity index (χ2n) is 5.35. The average molecular weight is 302 g/mol. The Kier molecular flexibility index (Phi) is 3.27. The number of pyridine rings is 1. The van der Waals surface area contributed by atoms with Gasteiger partial charge < -0.3 is 9.72 Å². The fourth-order valence-corrected chi connectivity index (χ4v) is 2.66. The van der Waals surface area contributed by atoms with Gasteiger partial charge in [-0.15, -0.1) is 0 Å². The minimum atomic E-state index is -0.325. The molecule has 112 valence electrons. The summed E-state index contributed by atoms with van der Waals surface area (Å²) in [7, 11) is 0. The van der Waals surface area contributed by atoms with Gasteiger partial charge in [0.25, 0.3) is 0 Å². The van der Waals surface area contributed by atoms with E-state index in [4.69, 9.17) is 4.74 Å². The Balaban J connectivity index is 1.63. The van der Waals surface area contributed by atoms with Crippen molar-refractivity contribution in [1.29, 1.82) is 0 Å². The number of esters is 1. The fourth-order valence-electron chi connectivity index (χ4n) is 2.66. The van der Waals surface area contributed by atoms with E-state index >= 15 is 0 Å². The van der Waals surface area contributed by atoms with E-state index in [1.54, 1.807) is 12.3 Å². The number of carbonyl (C=O) groups is 1. The molecular weight excluding hydrogens is 288 g/mol. The third-order valence-corrected chi connectivity index (χ3v) is 3.82. The van der Waals surface area contributed by atoms with Gasteiger partial charge in [-0.1, -0.05) is 30.3 Å². The maximum atomic E-state index is 12.3. The van der Waals surface area contributed by atoms with Crippen LogP contribution in [0.25, 0.3) is 21.9 Å². The number of H-pyrrole nitrogens is 1. The molecule has 0 amide bonds. The molecule has 0 aliphatic rings. The zero-order valence-corrected chi connectivity index (χ0v) is 12.3. The zero-order valence-electron chi connectivity index (χ0n) is 12.3. The Morgan fingerprint density at radius 3 is 2.74 bits per heavy atom. The molecule has 0 saturated heterocycles. The highest BCUT2D eigenvalue weighted by Gasteiger charge is 2.11. The van der Waals surface area contributed by atoms with E-state index in [0.717, 1.165) is 27.5 Å². The summed E-state index contributed by atoms with van der Waals surface area (Å²) in [4.78, 5) is 19.8. The molecule has 0 aliphatic heterocycles. The molecule has 1 N–H and O–H groups in total. The van der Waals surface area contributed by atoms with Crippen LogP contribution >= 0.6 is 0 Å². The van der Waals surface area contributed by atoms with Crippen molar-refractivity contribution < 1.29 is 9.53 Å². The molecule has 23 heavy (non-hydrogen) atoms. The number of hydrogen-bond donors (Lipinski definition) is 1. The number of fused-ring (bicyclic) bond motifs is 3. The molecule has 0 saturated carbocycles. The van der Waals surface area contributed by atoms with Crippen molar-refractivity contribution >= 4 is 27.9 Å². The number of nitrogens with one attached hydrogen (secondary N) is 1. The van der Waals surface area contributed by atoms with E-state index in [-0.39, 0.29) is 12.6 Å². The molecule has 0 atom stereocenters. The Morgan fingerprint density at radius 1 is 1.00 bits per heavy atom. The van der Waals surface area contributed by atoms with Gasteiger partial charge in [0.1, 0.15) is 12.3 Å². The Hall–Kier alpha value is -3.14. The minimum Gasteiger partial charge on any atom is -0.457 e. The second kappa shape index (κ2) is 5.57. The third-order valence-electron chi connectivity index (χ3n) is 3.82. The van der Waals surface area contributed by atoms with Crippen molar-refractivity contribution in [3.05, 3.63) is 78.0 Å². The summed E-state index contributed by atoms with van der Waals surface area (Å²) in [5.74, 6) is -0.325. The van der Waals surface area contributed by atoms with Crippen molar-refractivity contribution in [2.75, 3.05) is 0 Å². The standard InChI is InChI=1S/C19H14N2O2/c22-19(23-12-13-5-2-1-3-6-13)14-8-9-17-16(11-14)15-7-4-10-20-18(15)21-17/h1-11H,12H2,(H,20,21). The Morgan fingerprint density at radius 2 is 1.87 bits per heavy atom. The molecule has 0 radical (unpaired) electrons. The van der Waals surface area contributed by atoms with Crippen molar-refractivity contribution in [1.82, 2.24) is 9.97 Å². The normalized spacial score (nSPS) is 11.0.